The van der Waals surface area contributed by atoms with Gasteiger partial charge < -0.3 is 0 Å². The second-order valence-electron chi connectivity index (χ2n) is 3.59. The molecule has 0 bridgehead atoms. The lowest BCUT2D eigenvalue weighted by Crippen LogP contribution is -1.93. The third-order valence-corrected chi connectivity index (χ3v) is 2.75. The minimum absolute atomic E-state index is 0. The molecule has 0 radical (unpaired) electrons. The molecule has 0 atom stereocenters. The molecular formula is C13H26S. The summed E-state index contributed by atoms with van der Waals surface area (Å²) in [5, 5.41) is 4.56. The fraction of sp³-hybridized carbons (Fsp3) is 0.692. The Labute approximate surface area is 94.4 Å². The Morgan fingerprint density at radius 1 is 0.857 bits per heavy atom. The third kappa shape index (κ3) is 4.28. The smallest absolute Gasteiger partial charge is 0.00557 e. The lowest BCUT2D eigenvalue weighted by atomic mass is 9.95. The van der Waals surface area contributed by atoms with Gasteiger partial charge in [0.2, 0.25) is 0 Å². The van der Waals surface area contributed by atoms with E-state index in [0.29, 0.717) is 11.8 Å². The van der Waals surface area contributed by atoms with E-state index in [4.69, 9.17) is 0 Å². The van der Waals surface area contributed by atoms with Crippen molar-refractivity contribution in [1.82, 2.24) is 0 Å². The van der Waals surface area contributed by atoms with Gasteiger partial charge in [0.25, 0.3) is 0 Å². The molecule has 1 aromatic rings. The molecule has 0 amide bonds. The maximum atomic E-state index is 2.28. The van der Waals surface area contributed by atoms with E-state index in [1.54, 1.807) is 0 Å². The number of hydrogen-bond acceptors (Lipinski definition) is 1. The summed E-state index contributed by atoms with van der Waals surface area (Å²) in [6.07, 6.45) is 0. The van der Waals surface area contributed by atoms with Crippen LogP contribution < -0.4 is 0 Å². The molecule has 0 unspecified atom stereocenters. The fourth-order valence-electron chi connectivity index (χ4n) is 1.26. The second-order valence-corrected chi connectivity index (χ2v) is 4.34. The molecule has 1 heterocycles. The van der Waals surface area contributed by atoms with E-state index < -0.39 is 0 Å². The highest BCUT2D eigenvalue weighted by molar-refractivity contribution is 7.08. The Kier molecular flexibility index (Phi) is 9.28. The summed E-state index contributed by atoms with van der Waals surface area (Å²) in [5.41, 5.74) is 3.06. The first kappa shape index (κ1) is 16.1. The first-order valence-electron chi connectivity index (χ1n) is 5.19. The van der Waals surface area contributed by atoms with Gasteiger partial charge >= 0.3 is 0 Å². The summed E-state index contributed by atoms with van der Waals surface area (Å²) in [6, 6.07) is 0. The highest BCUT2D eigenvalue weighted by Gasteiger charge is 2.09. The van der Waals surface area contributed by atoms with Gasteiger partial charge in [0.15, 0.2) is 0 Å². The SMILES string of the molecule is C.CC.CC(C)c1cscc1C(C)C. The molecule has 1 heteroatoms. The van der Waals surface area contributed by atoms with Crippen LogP contribution in [0.5, 0.6) is 0 Å². The fourth-order valence-corrected chi connectivity index (χ4v) is 2.43. The Hall–Kier alpha value is -0.300. The van der Waals surface area contributed by atoms with Gasteiger partial charge in [0.05, 0.1) is 0 Å². The summed E-state index contributed by atoms with van der Waals surface area (Å²) in [5.74, 6) is 1.36. The summed E-state index contributed by atoms with van der Waals surface area (Å²) in [4.78, 5) is 0. The average Bonchev–Trinajstić information content (AvgIpc) is 2.55. The number of thiophene rings is 1. The molecule has 0 aromatic carbocycles. The maximum absolute atomic E-state index is 2.28. The van der Waals surface area contributed by atoms with Crippen LogP contribution in [0.25, 0.3) is 0 Å². The van der Waals surface area contributed by atoms with Gasteiger partial charge in [-0.2, -0.15) is 11.3 Å². The second kappa shape index (κ2) is 8.05. The van der Waals surface area contributed by atoms with Crippen LogP contribution >= 0.6 is 11.3 Å². The van der Waals surface area contributed by atoms with Crippen molar-refractivity contribution in [3.05, 3.63) is 21.9 Å². The van der Waals surface area contributed by atoms with Crippen molar-refractivity contribution in [2.75, 3.05) is 0 Å². The van der Waals surface area contributed by atoms with E-state index in [0.717, 1.165) is 0 Å². The monoisotopic (exact) mass is 214 g/mol. The number of rotatable bonds is 2. The molecule has 0 nitrogen and oxygen atoms in total. The van der Waals surface area contributed by atoms with Gasteiger partial charge in [-0.1, -0.05) is 49.0 Å². The normalized spacial score (nSPS) is 9.43. The largest absolute Gasteiger partial charge is 0.152 e. The molecule has 1 aromatic heterocycles. The molecule has 0 spiro atoms. The molecule has 0 aliphatic rings. The summed E-state index contributed by atoms with van der Waals surface area (Å²) in [7, 11) is 0. The Balaban J connectivity index is 0. The van der Waals surface area contributed by atoms with Crippen LogP contribution in [-0.4, -0.2) is 0 Å². The van der Waals surface area contributed by atoms with E-state index in [1.807, 2.05) is 25.2 Å². The molecule has 0 fully saturated rings. The lowest BCUT2D eigenvalue weighted by Gasteiger charge is -2.09. The van der Waals surface area contributed by atoms with E-state index in [1.165, 1.54) is 11.1 Å². The van der Waals surface area contributed by atoms with E-state index >= 15 is 0 Å². The molecule has 0 saturated carbocycles. The molecule has 0 saturated heterocycles. The van der Waals surface area contributed by atoms with E-state index in [-0.39, 0.29) is 7.43 Å². The van der Waals surface area contributed by atoms with Crippen molar-refractivity contribution in [3.8, 4) is 0 Å². The zero-order valence-corrected chi connectivity index (χ0v) is 10.5. The van der Waals surface area contributed by atoms with Gasteiger partial charge in [-0.15, -0.1) is 0 Å². The average molecular weight is 214 g/mol. The van der Waals surface area contributed by atoms with Crippen molar-refractivity contribution >= 4 is 11.3 Å². The van der Waals surface area contributed by atoms with Crippen LogP contribution in [0.2, 0.25) is 0 Å². The zero-order valence-electron chi connectivity index (χ0n) is 9.72. The van der Waals surface area contributed by atoms with Crippen LogP contribution in [0.3, 0.4) is 0 Å². The number of hydrogen-bond donors (Lipinski definition) is 0. The first-order chi connectivity index (χ1) is 6.13. The molecule has 84 valence electrons. The molecule has 0 aliphatic carbocycles. The van der Waals surface area contributed by atoms with Gasteiger partial charge in [-0.25, -0.2) is 0 Å². The van der Waals surface area contributed by atoms with Gasteiger partial charge in [-0.05, 0) is 33.7 Å². The van der Waals surface area contributed by atoms with Crippen LogP contribution in [0, 0.1) is 0 Å². The van der Waals surface area contributed by atoms with Crippen molar-refractivity contribution < 1.29 is 0 Å². The van der Waals surface area contributed by atoms with Gasteiger partial charge in [0, 0.05) is 0 Å². The van der Waals surface area contributed by atoms with Crippen molar-refractivity contribution in [2.24, 2.45) is 0 Å². The molecular weight excluding hydrogens is 188 g/mol. The third-order valence-electron chi connectivity index (χ3n) is 1.97. The Bertz CT molecular complexity index is 198. The van der Waals surface area contributed by atoms with Crippen LogP contribution in [0.4, 0.5) is 0 Å². The quantitative estimate of drug-likeness (QED) is 0.596. The van der Waals surface area contributed by atoms with Crippen molar-refractivity contribution in [3.63, 3.8) is 0 Å². The predicted octanol–water partition coefficient (Wildman–Crippen LogP) is 5.66. The van der Waals surface area contributed by atoms with Crippen LogP contribution in [0.15, 0.2) is 10.8 Å². The van der Waals surface area contributed by atoms with E-state index in [9.17, 15) is 0 Å². The Morgan fingerprint density at radius 2 is 1.14 bits per heavy atom. The summed E-state index contributed by atoms with van der Waals surface area (Å²) >= 11 is 1.82. The summed E-state index contributed by atoms with van der Waals surface area (Å²) < 4.78 is 0. The Morgan fingerprint density at radius 3 is 1.36 bits per heavy atom. The zero-order chi connectivity index (χ0) is 10.4. The minimum Gasteiger partial charge on any atom is -0.152 e. The molecule has 0 aliphatic heterocycles. The first-order valence-corrected chi connectivity index (χ1v) is 6.13. The van der Waals surface area contributed by atoms with Crippen LogP contribution in [0.1, 0.15) is 71.9 Å². The molecule has 0 N–H and O–H groups in total. The molecule has 14 heavy (non-hydrogen) atoms. The van der Waals surface area contributed by atoms with Gasteiger partial charge in [0.1, 0.15) is 0 Å². The minimum atomic E-state index is 0. The van der Waals surface area contributed by atoms with Crippen LogP contribution in [-0.2, 0) is 0 Å². The predicted molar refractivity (Wildman–Crippen MR) is 70.6 cm³/mol. The highest BCUT2D eigenvalue weighted by Crippen LogP contribution is 2.28. The topological polar surface area (TPSA) is 0 Å². The van der Waals surface area contributed by atoms with Crippen molar-refractivity contribution in [2.45, 2.75) is 60.8 Å². The van der Waals surface area contributed by atoms with E-state index in [2.05, 4.69) is 38.5 Å². The maximum Gasteiger partial charge on any atom is -0.00557 e. The standard InChI is InChI=1S/C10H16S.C2H6.CH4/c1-7(2)9-5-11-6-10(9)8(3)4;1-2;/h5-8H,1-4H3;1-2H3;1H4. The summed E-state index contributed by atoms with van der Waals surface area (Å²) in [6.45, 7) is 13.0. The lowest BCUT2D eigenvalue weighted by molar-refractivity contribution is 0.798. The highest BCUT2D eigenvalue weighted by atomic mass is 32.1. The molecule has 1 rings (SSSR count). The van der Waals surface area contributed by atoms with Gasteiger partial charge in [-0.3, -0.25) is 0 Å². The van der Waals surface area contributed by atoms with Crippen molar-refractivity contribution in [1.29, 1.82) is 0 Å².